The van der Waals surface area contributed by atoms with E-state index in [9.17, 15) is 83.3 Å². The summed E-state index contributed by atoms with van der Waals surface area (Å²) in [4.78, 5) is 156. The van der Waals surface area contributed by atoms with Gasteiger partial charge in [-0.15, -0.1) is 4.73 Å². The van der Waals surface area contributed by atoms with Crippen molar-refractivity contribution in [1.82, 2.24) is 45.9 Å². The van der Waals surface area contributed by atoms with E-state index in [1.165, 1.54) is 74.7 Å². The molecule has 5 aromatic rings. The van der Waals surface area contributed by atoms with Gasteiger partial charge in [-0.3, -0.25) is 43.2 Å². The molecule has 6 heterocycles. The summed E-state index contributed by atoms with van der Waals surface area (Å²) in [6.07, 6.45) is 8.38. The number of aromatic nitrogens is 3. The summed E-state index contributed by atoms with van der Waals surface area (Å²) in [5, 5.41) is 68.2. The first-order chi connectivity index (χ1) is 41.4. The first-order valence-corrected chi connectivity index (χ1v) is 26.4. The van der Waals surface area contributed by atoms with E-state index in [1.807, 2.05) is 0 Å². The van der Waals surface area contributed by atoms with Crippen LogP contribution in [-0.2, 0) is 74.6 Å². The maximum Gasteiger partial charge on any atom is 0.420 e. The third kappa shape index (κ3) is 14.2. The average molecular weight is 1190 g/mol. The SMILES string of the molecule is C[N+]1=CC=C(C(=O)NCc2cc(CNC(=O)C3=CC=[N+](C)C(=O)C3O)cc(CNC(=O)c3ccn(Cc4ccc(C(=O)NCc5cc(CNC(=O)c6cccn(O)c6=O)cc(CNC(=O)C6C=CC=[N+](C)C6=O)c5)c(=O)n4O)c(=O)c3O)c2)C(O)C1=O. The molecule has 0 saturated carbocycles. The van der Waals surface area contributed by atoms with Crippen LogP contribution in [0.1, 0.15) is 70.1 Å². The van der Waals surface area contributed by atoms with Gasteiger partial charge in [0.05, 0.1) is 28.9 Å². The van der Waals surface area contributed by atoms with Crippen LogP contribution in [0.3, 0.4) is 0 Å². The van der Waals surface area contributed by atoms with Crippen LogP contribution < -0.4 is 48.6 Å². The molecule has 29 nitrogen and oxygen atoms in total. The van der Waals surface area contributed by atoms with Crippen molar-refractivity contribution in [3.8, 4) is 5.75 Å². The average Bonchev–Trinajstić information content (AvgIpc) is 3.10. The summed E-state index contributed by atoms with van der Waals surface area (Å²) in [5.74, 6) is -8.89. The van der Waals surface area contributed by atoms with E-state index in [0.29, 0.717) is 33.4 Å². The van der Waals surface area contributed by atoms with Crippen molar-refractivity contribution in [1.29, 1.82) is 0 Å². The lowest BCUT2D eigenvalue weighted by Gasteiger charge is -2.16. The quantitative estimate of drug-likeness (QED) is 0.0205. The number of carbonyl (C=O) groups excluding carboxylic acids is 9. The Bertz CT molecular complexity index is 4060. The van der Waals surface area contributed by atoms with E-state index in [0.717, 1.165) is 44.3 Å². The van der Waals surface area contributed by atoms with Crippen LogP contribution in [0.25, 0.3) is 0 Å². The molecule has 87 heavy (non-hydrogen) atoms. The van der Waals surface area contributed by atoms with Gasteiger partial charge in [0, 0.05) is 63.8 Å². The normalized spacial score (nSPS) is 16.3. The number of rotatable bonds is 20. The highest BCUT2D eigenvalue weighted by molar-refractivity contribution is 6.06. The fourth-order valence-corrected chi connectivity index (χ4v) is 9.18. The molecule has 0 saturated heterocycles. The monoisotopic (exact) mass is 1190 g/mol. The molecule has 11 N–H and O–H groups in total. The maximum absolute atomic E-state index is 13.6. The molecule has 3 atom stereocenters. The molecule has 3 aromatic heterocycles. The van der Waals surface area contributed by atoms with Gasteiger partial charge in [0.25, 0.3) is 46.2 Å². The molecule has 29 heteroatoms. The first kappa shape index (κ1) is 61.7. The van der Waals surface area contributed by atoms with Crippen molar-refractivity contribution >= 4 is 71.8 Å². The van der Waals surface area contributed by atoms with Crippen molar-refractivity contribution in [3.05, 3.63) is 201 Å². The van der Waals surface area contributed by atoms with Crippen LogP contribution in [0.4, 0.5) is 0 Å². The van der Waals surface area contributed by atoms with Crippen LogP contribution in [0.5, 0.6) is 5.75 Å². The van der Waals surface area contributed by atoms with Crippen LogP contribution in [0.2, 0.25) is 0 Å². The van der Waals surface area contributed by atoms with Crippen LogP contribution in [0.15, 0.2) is 129 Å². The van der Waals surface area contributed by atoms with Gasteiger partial charge in [-0.25, -0.2) is 14.4 Å². The van der Waals surface area contributed by atoms with Gasteiger partial charge in [0.2, 0.25) is 18.1 Å². The molecule has 0 bridgehead atoms. The third-order valence-electron chi connectivity index (χ3n) is 14.0. The van der Waals surface area contributed by atoms with Crippen LogP contribution in [-0.4, -0.2) is 159 Å². The number of aliphatic hydroxyl groups excluding tert-OH is 2. The van der Waals surface area contributed by atoms with Gasteiger partial charge in [-0.05, 0) is 69.8 Å². The molecule has 8 rings (SSSR count). The molecule has 9 amide bonds. The van der Waals surface area contributed by atoms with Crippen LogP contribution >= 0.6 is 0 Å². The van der Waals surface area contributed by atoms with Crippen LogP contribution in [0, 0.1) is 5.92 Å². The number of likely N-dealkylation sites (N-methyl/N-ethyl adjacent to an activating group) is 2. The van der Waals surface area contributed by atoms with Crippen molar-refractivity contribution in [2.45, 2.75) is 58.0 Å². The molecule has 0 fully saturated rings. The Morgan fingerprint density at radius 3 is 1.40 bits per heavy atom. The lowest BCUT2D eigenvalue weighted by molar-refractivity contribution is -0.420. The number of amides is 9. The summed E-state index contributed by atoms with van der Waals surface area (Å²) in [5.41, 5.74) is -2.89. The highest BCUT2D eigenvalue weighted by Crippen LogP contribution is 2.18. The summed E-state index contributed by atoms with van der Waals surface area (Å²) in [6.45, 7) is -1.74. The number of allylic oxidation sites excluding steroid dienone is 3. The smallest absolute Gasteiger partial charge is 0.420 e. The number of nitrogens with one attached hydrogen (secondary N) is 6. The molecule has 0 spiro atoms. The van der Waals surface area contributed by atoms with Crippen molar-refractivity contribution < 1.29 is 82.6 Å². The second kappa shape index (κ2) is 26.5. The number of pyridine rings is 3. The number of aromatic hydroxyl groups is 1. The lowest BCUT2D eigenvalue weighted by atomic mass is 10.0. The fraction of sp³-hybridized carbons (Fsp3) is 0.224. The number of hydrogen-bond donors (Lipinski definition) is 11. The van der Waals surface area contributed by atoms with Gasteiger partial charge in [0.15, 0.2) is 30.3 Å². The van der Waals surface area contributed by atoms with Crippen molar-refractivity contribution in [2.75, 3.05) is 21.1 Å². The Balaban J connectivity index is 0.930. The highest BCUT2D eigenvalue weighted by atomic mass is 16.5. The minimum absolute atomic E-state index is 0.116. The minimum atomic E-state index is -1.73. The Morgan fingerprint density at radius 1 is 0.494 bits per heavy atom. The second-order valence-electron chi connectivity index (χ2n) is 20.1. The molecule has 448 valence electrons. The standard InChI is InChI=1S/C58H54N12O17/c1-65-13-4-6-41(53(65)80)50(77)62-27-34-21-35(28-63-51(78)42-7-5-14-69(86)54(42)81)23-36(22-34)29-64-52(79)43-9-8-37(70(87)55(43)82)30-68-17-12-40(46(73)58(68)85)49(76)61-26-33-19-31(24-59-47(74)38-10-15-66(2)56(83)44(38)71)18-32(20-33)25-60-48(75)39-11-16-67(3)57(84)45(39)72/h4-23,41,44-45,71-72,86-87H,24-30H2,1-3H3,(H4-3,59,60,61,62,63,64,73,74,75,76,77,78,79)/p+3. The molecule has 3 unspecified atom stereocenters. The molecule has 2 aromatic carbocycles. The number of aliphatic hydroxyl groups is 2. The van der Waals surface area contributed by atoms with Gasteiger partial charge >= 0.3 is 17.7 Å². The number of benzene rings is 2. The zero-order valence-corrected chi connectivity index (χ0v) is 46.5. The predicted octanol–water partition coefficient (Wildman–Crippen LogP) is -3.45. The zero-order valence-electron chi connectivity index (χ0n) is 46.5. The van der Waals surface area contributed by atoms with Crippen molar-refractivity contribution in [2.24, 2.45) is 5.92 Å². The van der Waals surface area contributed by atoms with Gasteiger partial charge < -0.3 is 62.2 Å². The van der Waals surface area contributed by atoms with E-state index < -0.39 is 111 Å². The fourth-order valence-electron chi connectivity index (χ4n) is 9.18. The number of hydrogen-bond acceptors (Lipinski definition) is 17. The lowest BCUT2D eigenvalue weighted by Crippen LogP contribution is -2.41. The van der Waals surface area contributed by atoms with Gasteiger partial charge in [0.1, 0.15) is 32.3 Å². The summed E-state index contributed by atoms with van der Waals surface area (Å²) in [6, 6.07) is 15.3. The van der Waals surface area contributed by atoms with E-state index in [-0.39, 0.29) is 71.1 Å². The van der Waals surface area contributed by atoms with E-state index in [2.05, 4.69) is 31.9 Å². The molecular weight excluding hydrogens is 1140 g/mol. The van der Waals surface area contributed by atoms with E-state index >= 15 is 0 Å². The Labute approximate surface area is 491 Å². The molecule has 0 aliphatic carbocycles. The van der Waals surface area contributed by atoms with E-state index in [4.69, 9.17) is 0 Å². The molecule has 3 aliphatic heterocycles. The Kier molecular flexibility index (Phi) is 18.8. The summed E-state index contributed by atoms with van der Waals surface area (Å²) >= 11 is 0. The Morgan fingerprint density at radius 2 is 0.920 bits per heavy atom. The number of carbonyl (C=O) groups is 9. The maximum atomic E-state index is 13.6. The zero-order chi connectivity index (χ0) is 63.0. The minimum Gasteiger partial charge on any atom is -0.502 e. The van der Waals surface area contributed by atoms with E-state index in [1.54, 1.807) is 42.5 Å². The second-order valence-corrected chi connectivity index (χ2v) is 20.1. The molecule has 0 radical (unpaired) electrons. The molecule has 3 aliphatic rings. The summed E-state index contributed by atoms with van der Waals surface area (Å²) < 4.78 is 4.72. The molecular formula is C58H57N12O17+3. The summed E-state index contributed by atoms with van der Waals surface area (Å²) in [7, 11) is 4.31. The van der Waals surface area contributed by atoms with Crippen molar-refractivity contribution in [3.63, 3.8) is 0 Å². The van der Waals surface area contributed by atoms with Gasteiger partial charge in [-0.1, -0.05) is 42.5 Å². The van der Waals surface area contributed by atoms with Gasteiger partial charge in [-0.2, -0.15) is 18.5 Å². The first-order valence-electron chi connectivity index (χ1n) is 26.4. The predicted molar refractivity (Wildman–Crippen MR) is 302 cm³/mol. The highest BCUT2D eigenvalue weighted by Gasteiger charge is 2.37. The largest absolute Gasteiger partial charge is 0.502 e. The number of nitrogens with zero attached hydrogens (tertiary/aromatic N) is 6. The third-order valence-corrected chi connectivity index (χ3v) is 14.0. The Hall–Kier alpha value is -11.3. The topological polar surface area (TPSA) is 402 Å².